The molecule has 82 valence electrons. The van der Waals surface area contributed by atoms with Gasteiger partial charge in [0, 0.05) is 17.8 Å². The second kappa shape index (κ2) is 4.53. The van der Waals surface area contributed by atoms with E-state index < -0.39 is 12.0 Å². The van der Waals surface area contributed by atoms with Gasteiger partial charge < -0.3 is 10.0 Å². The van der Waals surface area contributed by atoms with Gasteiger partial charge in [0.2, 0.25) is 0 Å². The molecule has 0 spiro atoms. The Labute approximate surface area is 94.3 Å². The Kier molecular flexibility index (Phi) is 3.58. The second-order valence-corrected chi connectivity index (χ2v) is 3.99. The van der Waals surface area contributed by atoms with E-state index in [0.29, 0.717) is 5.02 Å². The van der Waals surface area contributed by atoms with Crippen molar-refractivity contribution in [3.05, 3.63) is 28.8 Å². The maximum absolute atomic E-state index is 10.8. The second-order valence-electron chi connectivity index (χ2n) is 3.56. The van der Waals surface area contributed by atoms with Crippen LogP contribution in [-0.2, 0) is 4.79 Å². The molecule has 15 heavy (non-hydrogen) atoms. The number of hydrogen-bond donors (Lipinski definition) is 1. The molecule has 0 unspecified atom stereocenters. The first-order valence-electron chi connectivity index (χ1n) is 4.65. The maximum Gasteiger partial charge on any atom is 0.326 e. The van der Waals surface area contributed by atoms with E-state index in [0.717, 1.165) is 11.3 Å². The largest absolute Gasteiger partial charge is 0.480 e. The number of rotatable bonds is 3. The first-order valence-corrected chi connectivity index (χ1v) is 5.03. The number of carboxylic acids is 1. The van der Waals surface area contributed by atoms with Crippen LogP contribution >= 0.6 is 11.6 Å². The van der Waals surface area contributed by atoms with Crippen LogP contribution in [0.5, 0.6) is 0 Å². The number of anilines is 1. The monoisotopic (exact) mass is 227 g/mol. The molecular weight excluding hydrogens is 214 g/mol. The van der Waals surface area contributed by atoms with Gasteiger partial charge in [0.05, 0.1) is 0 Å². The number of halogens is 1. The summed E-state index contributed by atoms with van der Waals surface area (Å²) in [6.45, 7) is 3.57. The van der Waals surface area contributed by atoms with E-state index in [1.807, 2.05) is 13.0 Å². The van der Waals surface area contributed by atoms with Crippen LogP contribution in [0.15, 0.2) is 18.2 Å². The fourth-order valence-electron chi connectivity index (χ4n) is 1.34. The Morgan fingerprint density at radius 2 is 2.13 bits per heavy atom. The van der Waals surface area contributed by atoms with Gasteiger partial charge in [-0.2, -0.15) is 0 Å². The van der Waals surface area contributed by atoms with Crippen LogP contribution in [0.2, 0.25) is 5.02 Å². The number of carboxylic acid groups (broad SMARTS) is 1. The molecule has 0 saturated heterocycles. The minimum absolute atomic E-state index is 0.567. The van der Waals surface area contributed by atoms with Crippen LogP contribution in [0.3, 0.4) is 0 Å². The molecule has 0 fully saturated rings. The lowest BCUT2D eigenvalue weighted by Gasteiger charge is -2.25. The van der Waals surface area contributed by atoms with Gasteiger partial charge in [-0.3, -0.25) is 0 Å². The van der Waals surface area contributed by atoms with Gasteiger partial charge in [0.25, 0.3) is 0 Å². The summed E-state index contributed by atoms with van der Waals surface area (Å²) in [7, 11) is 1.75. The van der Waals surface area contributed by atoms with Crippen LogP contribution in [-0.4, -0.2) is 24.2 Å². The highest BCUT2D eigenvalue weighted by molar-refractivity contribution is 6.30. The number of benzene rings is 1. The summed E-state index contributed by atoms with van der Waals surface area (Å²) in [5.41, 5.74) is 1.85. The minimum Gasteiger partial charge on any atom is -0.480 e. The lowest BCUT2D eigenvalue weighted by molar-refractivity contribution is -0.138. The van der Waals surface area contributed by atoms with Crippen molar-refractivity contribution in [1.82, 2.24) is 0 Å². The van der Waals surface area contributed by atoms with E-state index >= 15 is 0 Å². The number of likely N-dealkylation sites (N-methyl/N-ethyl adjacent to an activating group) is 1. The topological polar surface area (TPSA) is 40.5 Å². The Morgan fingerprint density at radius 1 is 1.53 bits per heavy atom. The molecular formula is C11H14ClNO2. The number of nitrogens with zero attached hydrogens (tertiary/aromatic N) is 1. The molecule has 1 aromatic rings. The van der Waals surface area contributed by atoms with E-state index in [2.05, 4.69) is 0 Å². The minimum atomic E-state index is -0.850. The quantitative estimate of drug-likeness (QED) is 0.863. The number of hydrogen-bond acceptors (Lipinski definition) is 2. The third-order valence-electron chi connectivity index (χ3n) is 2.49. The predicted octanol–water partition coefficient (Wildman–Crippen LogP) is 2.56. The highest BCUT2D eigenvalue weighted by Gasteiger charge is 2.18. The standard InChI is InChI=1S/C11H14ClNO2/c1-7-4-5-9(12)6-10(7)13(3)8(2)11(14)15/h4-6,8H,1-3H3,(H,14,15)/t8-/m1/s1. The molecule has 1 rings (SSSR count). The molecule has 0 amide bonds. The van der Waals surface area contributed by atoms with Crippen molar-refractivity contribution in [2.75, 3.05) is 11.9 Å². The molecule has 3 nitrogen and oxygen atoms in total. The smallest absolute Gasteiger partial charge is 0.326 e. The summed E-state index contributed by atoms with van der Waals surface area (Å²) in [5, 5.41) is 9.51. The lowest BCUT2D eigenvalue weighted by Crippen LogP contribution is -2.36. The first-order chi connectivity index (χ1) is 6.93. The first kappa shape index (κ1) is 11.9. The van der Waals surface area contributed by atoms with Crippen molar-refractivity contribution in [2.24, 2.45) is 0 Å². The van der Waals surface area contributed by atoms with Crippen molar-refractivity contribution < 1.29 is 9.90 Å². The van der Waals surface area contributed by atoms with Crippen molar-refractivity contribution in [1.29, 1.82) is 0 Å². The Balaban J connectivity index is 3.04. The Morgan fingerprint density at radius 3 is 2.67 bits per heavy atom. The van der Waals surface area contributed by atoms with E-state index in [4.69, 9.17) is 16.7 Å². The molecule has 1 aromatic carbocycles. The molecule has 0 aliphatic rings. The van der Waals surface area contributed by atoms with Crippen LogP contribution in [0.1, 0.15) is 12.5 Å². The summed E-state index contributed by atoms with van der Waals surface area (Å²) < 4.78 is 0. The summed E-state index contributed by atoms with van der Waals surface area (Å²) >= 11 is 5.87. The van der Waals surface area contributed by atoms with Gasteiger partial charge in [-0.15, -0.1) is 0 Å². The zero-order valence-corrected chi connectivity index (χ0v) is 9.75. The normalized spacial score (nSPS) is 12.3. The van der Waals surface area contributed by atoms with Gasteiger partial charge in [-0.1, -0.05) is 17.7 Å². The van der Waals surface area contributed by atoms with Crippen molar-refractivity contribution >= 4 is 23.3 Å². The van der Waals surface area contributed by atoms with Gasteiger partial charge >= 0.3 is 5.97 Å². The number of carbonyl (C=O) groups is 1. The fourth-order valence-corrected chi connectivity index (χ4v) is 1.50. The molecule has 0 bridgehead atoms. The molecule has 0 saturated carbocycles. The van der Waals surface area contributed by atoms with Crippen LogP contribution in [0, 0.1) is 6.92 Å². The summed E-state index contributed by atoms with van der Waals surface area (Å²) in [6.07, 6.45) is 0. The highest BCUT2D eigenvalue weighted by Crippen LogP contribution is 2.24. The number of aryl methyl sites for hydroxylation is 1. The number of aliphatic carboxylic acids is 1. The fraction of sp³-hybridized carbons (Fsp3) is 0.364. The van der Waals surface area contributed by atoms with Crippen LogP contribution in [0.25, 0.3) is 0 Å². The molecule has 4 heteroatoms. The zero-order valence-electron chi connectivity index (χ0n) is 8.99. The third-order valence-corrected chi connectivity index (χ3v) is 2.72. The van der Waals surface area contributed by atoms with Gasteiger partial charge in [0.1, 0.15) is 6.04 Å². The molecule has 1 atom stereocenters. The van der Waals surface area contributed by atoms with Crippen LogP contribution in [0.4, 0.5) is 5.69 Å². The Hall–Kier alpha value is -1.22. The SMILES string of the molecule is Cc1ccc(Cl)cc1N(C)[C@H](C)C(=O)O. The average Bonchev–Trinajstić information content (AvgIpc) is 2.19. The molecule has 0 radical (unpaired) electrons. The summed E-state index contributed by atoms with van der Waals surface area (Å²) in [5.74, 6) is -0.850. The van der Waals surface area contributed by atoms with Crippen molar-refractivity contribution in [2.45, 2.75) is 19.9 Å². The average molecular weight is 228 g/mol. The van der Waals surface area contributed by atoms with Crippen molar-refractivity contribution in [3.8, 4) is 0 Å². The van der Waals surface area contributed by atoms with Gasteiger partial charge in [0.15, 0.2) is 0 Å². The molecule has 0 aromatic heterocycles. The lowest BCUT2D eigenvalue weighted by atomic mass is 10.1. The van der Waals surface area contributed by atoms with E-state index in [1.165, 1.54) is 0 Å². The van der Waals surface area contributed by atoms with E-state index in [1.54, 1.807) is 31.0 Å². The summed E-state index contributed by atoms with van der Waals surface area (Å²) in [6, 6.07) is 4.88. The van der Waals surface area contributed by atoms with Crippen LogP contribution < -0.4 is 4.90 Å². The predicted molar refractivity (Wildman–Crippen MR) is 61.7 cm³/mol. The maximum atomic E-state index is 10.8. The summed E-state index contributed by atoms with van der Waals surface area (Å²) in [4.78, 5) is 12.5. The Bertz CT molecular complexity index is 379. The van der Waals surface area contributed by atoms with E-state index in [-0.39, 0.29) is 0 Å². The molecule has 0 aliphatic heterocycles. The zero-order chi connectivity index (χ0) is 11.6. The highest BCUT2D eigenvalue weighted by atomic mass is 35.5. The molecule has 0 aliphatic carbocycles. The van der Waals surface area contributed by atoms with Gasteiger partial charge in [-0.05, 0) is 31.5 Å². The van der Waals surface area contributed by atoms with E-state index in [9.17, 15) is 4.79 Å². The molecule has 1 N–H and O–H groups in total. The third kappa shape index (κ3) is 2.63. The van der Waals surface area contributed by atoms with Crippen molar-refractivity contribution in [3.63, 3.8) is 0 Å². The molecule has 0 heterocycles. The van der Waals surface area contributed by atoms with Gasteiger partial charge in [-0.25, -0.2) is 4.79 Å².